The number of amides is 2. The molecule has 34 heavy (non-hydrogen) atoms. The standard InChI is InChI=1S/C26H20ClNO5S/c1-16-7-3-4-8-18(16)15-28-24(29)23(34-26(28)31)14-17-11-12-21(32-2)22(13-17)33-25(30)19-9-5-6-10-20(19)27/h3-14H,15H2,1-2H3/b23-14-. The van der Waals surface area contributed by atoms with Crippen LogP contribution < -0.4 is 9.47 Å². The van der Waals surface area contributed by atoms with Crippen molar-refractivity contribution >= 4 is 46.6 Å². The molecule has 0 aromatic heterocycles. The molecule has 1 saturated heterocycles. The van der Waals surface area contributed by atoms with E-state index >= 15 is 0 Å². The first kappa shape index (κ1) is 23.6. The van der Waals surface area contributed by atoms with Gasteiger partial charge >= 0.3 is 5.97 Å². The SMILES string of the molecule is COc1ccc(/C=C2\SC(=O)N(Cc3ccccc3C)C2=O)cc1OC(=O)c1ccccc1Cl. The number of imide groups is 1. The first-order valence-corrected chi connectivity index (χ1v) is 11.5. The molecule has 3 aromatic carbocycles. The fraction of sp³-hybridized carbons (Fsp3) is 0.115. The molecule has 1 heterocycles. The summed E-state index contributed by atoms with van der Waals surface area (Å²) in [5.41, 5.74) is 2.70. The summed E-state index contributed by atoms with van der Waals surface area (Å²) >= 11 is 6.97. The second-order valence-electron chi connectivity index (χ2n) is 7.47. The maximum absolute atomic E-state index is 12.9. The monoisotopic (exact) mass is 493 g/mol. The molecule has 0 aliphatic carbocycles. The Morgan fingerprint density at radius 2 is 1.76 bits per heavy atom. The average Bonchev–Trinajstić information content (AvgIpc) is 3.08. The van der Waals surface area contributed by atoms with Crippen LogP contribution in [0.3, 0.4) is 0 Å². The van der Waals surface area contributed by atoms with Crippen molar-refractivity contribution in [2.75, 3.05) is 7.11 Å². The summed E-state index contributed by atoms with van der Waals surface area (Å²) in [7, 11) is 1.46. The highest BCUT2D eigenvalue weighted by molar-refractivity contribution is 8.18. The number of carbonyl (C=O) groups is 3. The Morgan fingerprint density at radius 1 is 1.03 bits per heavy atom. The number of nitrogens with zero attached hydrogens (tertiary/aromatic N) is 1. The van der Waals surface area contributed by atoms with Crippen LogP contribution in [-0.2, 0) is 11.3 Å². The van der Waals surface area contributed by atoms with E-state index in [1.54, 1.807) is 48.5 Å². The third-order valence-electron chi connectivity index (χ3n) is 5.25. The van der Waals surface area contributed by atoms with Crippen LogP contribution in [-0.4, -0.2) is 29.1 Å². The third-order valence-corrected chi connectivity index (χ3v) is 6.48. The van der Waals surface area contributed by atoms with Gasteiger partial charge in [-0.1, -0.05) is 54.1 Å². The van der Waals surface area contributed by atoms with Gasteiger partial charge in [-0.05, 0) is 65.7 Å². The third kappa shape index (κ3) is 5.00. The van der Waals surface area contributed by atoms with Crippen LogP contribution in [0.25, 0.3) is 6.08 Å². The molecule has 1 aliphatic heterocycles. The van der Waals surface area contributed by atoms with E-state index in [4.69, 9.17) is 21.1 Å². The Labute approximate surface area is 206 Å². The Balaban J connectivity index is 1.57. The topological polar surface area (TPSA) is 72.9 Å². The maximum Gasteiger partial charge on any atom is 0.345 e. The summed E-state index contributed by atoms with van der Waals surface area (Å²) in [6, 6.07) is 19.1. The molecule has 4 rings (SSSR count). The molecule has 0 saturated carbocycles. The predicted molar refractivity (Wildman–Crippen MR) is 132 cm³/mol. The number of hydrogen-bond acceptors (Lipinski definition) is 6. The summed E-state index contributed by atoms with van der Waals surface area (Å²) < 4.78 is 10.8. The summed E-state index contributed by atoms with van der Waals surface area (Å²) in [5.74, 6) is -0.506. The number of hydrogen-bond donors (Lipinski definition) is 0. The van der Waals surface area contributed by atoms with Gasteiger partial charge in [0, 0.05) is 0 Å². The first-order chi connectivity index (χ1) is 16.4. The first-order valence-electron chi connectivity index (χ1n) is 10.3. The Kier molecular flexibility index (Phi) is 7.05. The lowest BCUT2D eigenvalue weighted by atomic mass is 10.1. The van der Waals surface area contributed by atoms with Crippen LogP contribution in [0.1, 0.15) is 27.0 Å². The van der Waals surface area contributed by atoms with E-state index in [0.29, 0.717) is 11.3 Å². The van der Waals surface area contributed by atoms with Gasteiger partial charge in [-0.15, -0.1) is 0 Å². The maximum atomic E-state index is 12.9. The lowest BCUT2D eigenvalue weighted by molar-refractivity contribution is -0.123. The summed E-state index contributed by atoms with van der Waals surface area (Å²) in [4.78, 5) is 39.6. The van der Waals surface area contributed by atoms with Crippen LogP contribution in [0.5, 0.6) is 11.5 Å². The van der Waals surface area contributed by atoms with E-state index < -0.39 is 5.97 Å². The van der Waals surface area contributed by atoms with E-state index in [2.05, 4.69) is 0 Å². The molecule has 0 atom stereocenters. The van der Waals surface area contributed by atoms with Crippen LogP contribution >= 0.6 is 23.4 Å². The zero-order chi connectivity index (χ0) is 24.2. The van der Waals surface area contributed by atoms with Crippen LogP contribution in [0.15, 0.2) is 71.6 Å². The van der Waals surface area contributed by atoms with Crippen LogP contribution in [0.4, 0.5) is 4.79 Å². The number of thioether (sulfide) groups is 1. The zero-order valence-corrected chi connectivity index (χ0v) is 20.0. The zero-order valence-electron chi connectivity index (χ0n) is 18.4. The summed E-state index contributed by atoms with van der Waals surface area (Å²) in [6.45, 7) is 2.14. The summed E-state index contributed by atoms with van der Waals surface area (Å²) in [5, 5.41) is -0.0664. The van der Waals surface area contributed by atoms with Gasteiger partial charge in [-0.2, -0.15) is 0 Å². The van der Waals surface area contributed by atoms with Crippen molar-refractivity contribution in [2.24, 2.45) is 0 Å². The quantitative estimate of drug-likeness (QED) is 0.234. The smallest absolute Gasteiger partial charge is 0.345 e. The van der Waals surface area contributed by atoms with Gasteiger partial charge in [0.25, 0.3) is 11.1 Å². The minimum Gasteiger partial charge on any atom is -0.493 e. The van der Waals surface area contributed by atoms with E-state index in [-0.39, 0.29) is 38.9 Å². The van der Waals surface area contributed by atoms with Crippen molar-refractivity contribution in [1.29, 1.82) is 0 Å². The molecular formula is C26H20ClNO5S. The molecule has 1 fully saturated rings. The average molecular weight is 494 g/mol. The molecule has 2 amide bonds. The molecule has 0 N–H and O–H groups in total. The number of benzene rings is 3. The van der Waals surface area contributed by atoms with Crippen molar-refractivity contribution in [3.8, 4) is 11.5 Å². The van der Waals surface area contributed by atoms with E-state index in [1.807, 2.05) is 31.2 Å². The number of methoxy groups -OCH3 is 1. The minimum absolute atomic E-state index is 0.167. The van der Waals surface area contributed by atoms with Crippen molar-refractivity contribution in [1.82, 2.24) is 4.90 Å². The van der Waals surface area contributed by atoms with Gasteiger partial charge < -0.3 is 9.47 Å². The Morgan fingerprint density at radius 3 is 2.50 bits per heavy atom. The Bertz CT molecular complexity index is 1320. The predicted octanol–water partition coefficient (Wildman–Crippen LogP) is 6.11. The number of carbonyl (C=O) groups excluding carboxylic acids is 3. The summed E-state index contributed by atoms with van der Waals surface area (Å²) in [6.07, 6.45) is 1.59. The number of ether oxygens (including phenoxy) is 2. The molecule has 0 radical (unpaired) electrons. The number of rotatable bonds is 6. The lowest BCUT2D eigenvalue weighted by Crippen LogP contribution is -2.27. The molecule has 0 unspecified atom stereocenters. The van der Waals surface area contributed by atoms with E-state index in [0.717, 1.165) is 22.9 Å². The van der Waals surface area contributed by atoms with Gasteiger partial charge in [0.05, 0.1) is 29.1 Å². The highest BCUT2D eigenvalue weighted by Crippen LogP contribution is 2.36. The number of aryl methyl sites for hydroxylation is 1. The number of esters is 1. The molecule has 172 valence electrons. The van der Waals surface area contributed by atoms with Gasteiger partial charge in [-0.3, -0.25) is 14.5 Å². The van der Waals surface area contributed by atoms with E-state index in [9.17, 15) is 14.4 Å². The highest BCUT2D eigenvalue weighted by Gasteiger charge is 2.35. The fourth-order valence-electron chi connectivity index (χ4n) is 3.39. The van der Waals surface area contributed by atoms with Crippen molar-refractivity contribution in [3.63, 3.8) is 0 Å². The van der Waals surface area contributed by atoms with Gasteiger partial charge in [0.2, 0.25) is 0 Å². The molecule has 6 nitrogen and oxygen atoms in total. The molecule has 1 aliphatic rings. The fourth-order valence-corrected chi connectivity index (χ4v) is 4.44. The van der Waals surface area contributed by atoms with Crippen molar-refractivity contribution < 1.29 is 23.9 Å². The molecular weight excluding hydrogens is 474 g/mol. The molecule has 8 heteroatoms. The van der Waals surface area contributed by atoms with Gasteiger partial charge in [0.1, 0.15) is 0 Å². The second kappa shape index (κ2) is 10.2. The largest absolute Gasteiger partial charge is 0.493 e. The van der Waals surface area contributed by atoms with Gasteiger partial charge in [0.15, 0.2) is 11.5 Å². The molecule has 0 spiro atoms. The normalized spacial score (nSPS) is 14.6. The van der Waals surface area contributed by atoms with Crippen molar-refractivity contribution in [2.45, 2.75) is 13.5 Å². The van der Waals surface area contributed by atoms with Crippen LogP contribution in [0.2, 0.25) is 5.02 Å². The Hall–Kier alpha value is -3.55. The van der Waals surface area contributed by atoms with E-state index in [1.165, 1.54) is 12.0 Å². The second-order valence-corrected chi connectivity index (χ2v) is 8.87. The highest BCUT2D eigenvalue weighted by atomic mass is 35.5. The molecule has 3 aromatic rings. The number of halogens is 1. The lowest BCUT2D eigenvalue weighted by Gasteiger charge is -2.14. The molecule has 0 bridgehead atoms. The minimum atomic E-state index is -0.639. The van der Waals surface area contributed by atoms with Crippen molar-refractivity contribution in [3.05, 3.63) is 98.9 Å². The van der Waals surface area contributed by atoms with Crippen LogP contribution in [0, 0.1) is 6.92 Å². The van der Waals surface area contributed by atoms with Gasteiger partial charge in [-0.25, -0.2) is 4.79 Å².